The van der Waals surface area contributed by atoms with Crippen molar-refractivity contribution in [2.24, 2.45) is 0 Å². The van der Waals surface area contributed by atoms with Crippen LogP contribution in [-0.4, -0.2) is 436 Å². The molecular weight excluding hydrogens is 1820 g/mol. The first kappa shape index (κ1) is 117. The molecule has 0 saturated heterocycles. The molecule has 0 radical (unpaired) electrons. The molecule has 3 rings (SSSR count). The van der Waals surface area contributed by atoms with E-state index in [0.29, 0.717) is 5.69 Å². The van der Waals surface area contributed by atoms with Gasteiger partial charge in [0.1, 0.15) is 122 Å². The molecule has 0 aliphatic carbocycles. The molecule has 59 heteroatoms. The Morgan fingerprint density at radius 3 is 0.948 bits per heavy atom. The van der Waals surface area contributed by atoms with Gasteiger partial charge in [0.25, 0.3) is 11.5 Å². The van der Waals surface area contributed by atoms with Crippen LogP contribution >= 0.6 is 0 Å². The number of aliphatic carboxylic acids is 4. The van der Waals surface area contributed by atoms with E-state index in [1.807, 2.05) is 5.32 Å². The number of amides is 12. The molecule has 0 fully saturated rings. The van der Waals surface area contributed by atoms with Gasteiger partial charge >= 0.3 is 23.9 Å². The molecule has 0 aliphatic heterocycles. The second kappa shape index (κ2) is 58.8. The molecule has 1 aromatic carbocycles. The number of carbonyl (C=O) groups is 16. The number of hydrogen-bond donors (Lipinski definition) is 39. The third-order valence-electron chi connectivity index (χ3n) is 20.2. The Morgan fingerprint density at radius 1 is 0.356 bits per heavy atom. The number of aliphatic hydroxyl groups excluding tert-OH is 20. The van der Waals surface area contributed by atoms with Crippen molar-refractivity contribution >= 4 is 118 Å². The second-order valence-corrected chi connectivity index (χ2v) is 30.7. The molecule has 2 heterocycles. The Morgan fingerprint density at radius 2 is 0.644 bits per heavy atom. The van der Waals surface area contributed by atoms with Crippen LogP contribution in [0.25, 0.3) is 11.2 Å². The van der Waals surface area contributed by atoms with Crippen molar-refractivity contribution in [2.75, 3.05) is 63.7 Å². The third kappa shape index (κ3) is 40.9. The van der Waals surface area contributed by atoms with Crippen LogP contribution in [0.3, 0.4) is 0 Å². The van der Waals surface area contributed by atoms with E-state index in [0.717, 1.165) is 6.92 Å². The lowest BCUT2D eigenvalue weighted by molar-refractivity contribution is -0.142. The average molecular weight is 1940 g/mol. The van der Waals surface area contributed by atoms with E-state index in [-0.39, 0.29) is 34.9 Å². The molecule has 0 spiro atoms. The van der Waals surface area contributed by atoms with Gasteiger partial charge in [-0.25, -0.2) is 14.8 Å². The van der Waals surface area contributed by atoms with Crippen LogP contribution in [-0.2, 0) is 78.5 Å². The minimum Gasteiger partial charge on any atom is -0.481 e. The highest BCUT2D eigenvalue weighted by Crippen LogP contribution is 2.18. The van der Waals surface area contributed by atoms with Crippen molar-refractivity contribution in [3.05, 3.63) is 52.1 Å². The summed E-state index contributed by atoms with van der Waals surface area (Å²) in [5.41, 5.74) is 5.22. The van der Waals surface area contributed by atoms with Crippen molar-refractivity contribution in [1.29, 1.82) is 0 Å². The van der Waals surface area contributed by atoms with Gasteiger partial charge in [-0.2, -0.15) is 4.98 Å². The summed E-state index contributed by atoms with van der Waals surface area (Å²) < 4.78 is 0. The number of nitrogen functional groups attached to an aromatic ring is 1. The maximum atomic E-state index is 15.1. The fourth-order valence-electron chi connectivity index (χ4n) is 12.0. The maximum Gasteiger partial charge on any atom is 0.326 e. The summed E-state index contributed by atoms with van der Waals surface area (Å²) in [5.74, 6) is -23.6. The summed E-state index contributed by atoms with van der Waals surface area (Å²) in [4.78, 5) is 245. The normalized spacial score (nSPS) is 16.8. The number of nitrogens with two attached hydrogens (primary N) is 1. The summed E-state index contributed by atoms with van der Waals surface area (Å²) in [6.45, 7) is -7.51. The Labute approximate surface area is 763 Å². The molecule has 59 nitrogen and oxygen atoms in total. The number of anilines is 2. The molecule has 0 aliphatic rings. The van der Waals surface area contributed by atoms with Crippen molar-refractivity contribution < 1.29 is 199 Å². The van der Waals surface area contributed by atoms with E-state index in [2.05, 4.69) is 83.7 Å². The molecule has 24 atom stereocenters. The molecular formula is C76H118N18O41. The molecule has 758 valence electrons. The van der Waals surface area contributed by atoms with E-state index in [9.17, 15) is 194 Å². The number of carboxylic acid groups (broad SMARTS) is 4. The number of benzene rings is 1. The van der Waals surface area contributed by atoms with Crippen LogP contribution < -0.4 is 80.4 Å². The molecule has 40 N–H and O–H groups in total. The number of hydrogen-bond acceptors (Lipinski definition) is 42. The fraction of sp³-hybridized carbons (Fsp3) is 0.632. The lowest BCUT2D eigenvalue weighted by atomic mass is 10.0. The Kier molecular flexibility index (Phi) is 50.9. The number of nitrogens with zero attached hydrogens (tertiary/aromatic N) is 3. The largest absolute Gasteiger partial charge is 0.481 e. The van der Waals surface area contributed by atoms with Crippen LogP contribution in [0.4, 0.5) is 11.6 Å². The Bertz CT molecular complexity index is 4490. The van der Waals surface area contributed by atoms with Crippen molar-refractivity contribution in [3.8, 4) is 0 Å². The number of aromatic nitrogens is 4. The van der Waals surface area contributed by atoms with Gasteiger partial charge in [0.15, 0.2) is 11.2 Å². The summed E-state index contributed by atoms with van der Waals surface area (Å²) in [6.07, 6.45) is -47.1. The van der Waals surface area contributed by atoms with Gasteiger partial charge in [-0.3, -0.25) is 81.7 Å². The molecule has 0 bridgehead atoms. The SMILES string of the molecule is C[C@H](NC(=O)[C@H](CCC(=O)NC[C@H](O)[C@@H](O)[C@H](O)[C@H](O)CO)NC(=O)[C@H](CCC(=O)O)NC(=O)[C@H](CCC(=O)NC[C@H](O)[C@@H](O)[C@H](O)[C@H](O)CO)NC(=O)[C@H](CCC(=O)NC[C@H](O)[C@@H](O)[C@H](O)[C@H](O)CO)NC(=O)[C@H](CCC(=O)O)NC(=O)[C@H](CCC(=O)NC[C@H](O)[C@@H](O)[C@H](O)[C@H](O)CO)NC(=O)CC[C@H](NC(=O)c1ccc(NCc2cnc3nc(N)[nH]c(=O)c3n2)cc1)C(=O)O)C(=O)O. The van der Waals surface area contributed by atoms with Gasteiger partial charge < -0.3 is 197 Å². The van der Waals surface area contributed by atoms with Crippen LogP contribution in [0.2, 0.25) is 0 Å². The lowest BCUT2D eigenvalue weighted by Gasteiger charge is -2.28. The van der Waals surface area contributed by atoms with Crippen LogP contribution in [0.5, 0.6) is 0 Å². The van der Waals surface area contributed by atoms with E-state index >= 15 is 4.79 Å². The van der Waals surface area contributed by atoms with Gasteiger partial charge in [0.05, 0.1) is 69.3 Å². The zero-order valence-corrected chi connectivity index (χ0v) is 72.1. The Hall–Kier alpha value is -12.2. The second-order valence-electron chi connectivity index (χ2n) is 30.7. The minimum atomic E-state index is -2.39. The predicted octanol–water partition coefficient (Wildman–Crippen LogP) is -18.6. The van der Waals surface area contributed by atoms with Gasteiger partial charge in [-0.05, 0) is 76.1 Å². The third-order valence-corrected chi connectivity index (χ3v) is 20.2. The molecule has 12 amide bonds. The number of aliphatic hydroxyl groups is 20. The first-order chi connectivity index (χ1) is 63.4. The predicted molar refractivity (Wildman–Crippen MR) is 448 cm³/mol. The standard InChI is InChI=1S/C76H118N18O41/c1-30(74(132)133)84-67(125)35(7-14-50(108)80-23-42(100)58(117)62(121)46(104)27-96)87-71(129)39(12-19-55(114)115)91-70(128)37(9-16-52(110)82-25-44(102)60(119)64(123)48(106)29-98)88-69(127)36(8-15-51(109)81-24-43(101)59(118)63(122)47(105)28-97)89-72(130)38(11-18-54(112)113)90-68(126)34(6-13-49(107)79-22-41(99)57(116)61(120)45(103)26-95)86-53(111)17-10-40(75(134)135)92-66(124)31-2-4-32(5-3-31)78-20-33-21-83-65-56(85-33)73(131)94-76(77)93-65/h2-5,21,30,34-48,57-64,78,95-106,116-123H,6-20,22-29H2,1H3,(H,79,107)(H,80,108)(H,81,109)(H,82,110)(H,84,125)(H,86,111)(H,87,129)(H,88,127)(H,89,130)(H,90,126)(H,91,128)(H,92,124)(H,112,113)(H,114,115)(H,132,133)(H,134,135)(H3,77,83,93,94,131)/t30-,34-,35-,36-,37-,38-,39-,40-,41-,42-,43-,44-,45+,46+,47+,48+,57+,58+,59+,60+,61+,62+,63+,64+/m0/s1. The van der Waals surface area contributed by atoms with Crippen molar-refractivity contribution in [2.45, 2.75) is 249 Å². The summed E-state index contributed by atoms with van der Waals surface area (Å²) in [5, 5.41) is 268. The number of carbonyl (C=O) groups excluding carboxylic acids is 12. The van der Waals surface area contributed by atoms with Crippen molar-refractivity contribution in [3.63, 3.8) is 0 Å². The first-order valence-electron chi connectivity index (χ1n) is 41.5. The summed E-state index contributed by atoms with van der Waals surface area (Å²) in [6, 6.07) is -12.0. The highest BCUT2D eigenvalue weighted by atomic mass is 16.4. The number of rotatable bonds is 65. The monoisotopic (exact) mass is 1940 g/mol. The number of carboxylic acids is 4. The van der Waals surface area contributed by atoms with Gasteiger partial charge in [-0.1, -0.05) is 0 Å². The molecule has 2 aromatic heterocycles. The van der Waals surface area contributed by atoms with E-state index < -0.39 is 389 Å². The van der Waals surface area contributed by atoms with Crippen molar-refractivity contribution in [1.82, 2.24) is 83.7 Å². The molecule has 135 heavy (non-hydrogen) atoms. The lowest BCUT2D eigenvalue weighted by Crippen LogP contribution is -2.60. The number of H-pyrrole nitrogens is 1. The number of aromatic amines is 1. The number of fused-ring (bicyclic) bond motifs is 1. The topological polar surface area (TPSA) is 1010 Å². The van der Waals surface area contributed by atoms with Gasteiger partial charge in [-0.15, -0.1) is 0 Å². The summed E-state index contributed by atoms with van der Waals surface area (Å²) >= 11 is 0. The smallest absolute Gasteiger partial charge is 0.326 e. The fourth-order valence-corrected chi connectivity index (χ4v) is 12.0. The zero-order valence-electron chi connectivity index (χ0n) is 72.1. The van der Waals surface area contributed by atoms with Gasteiger partial charge in [0.2, 0.25) is 70.9 Å². The summed E-state index contributed by atoms with van der Waals surface area (Å²) in [7, 11) is 0. The Balaban J connectivity index is 2.21. The van der Waals surface area contributed by atoms with Gasteiger partial charge in [0, 0.05) is 82.4 Å². The van der Waals surface area contributed by atoms with Crippen LogP contribution in [0.15, 0.2) is 35.3 Å². The maximum absolute atomic E-state index is 15.1. The van der Waals surface area contributed by atoms with E-state index in [1.54, 1.807) is 0 Å². The van der Waals surface area contributed by atoms with E-state index in [4.69, 9.17) is 10.8 Å². The highest BCUT2D eigenvalue weighted by Gasteiger charge is 2.40. The highest BCUT2D eigenvalue weighted by molar-refractivity contribution is 5.99. The number of nitrogens with one attached hydrogen (secondary N) is 14. The first-order valence-corrected chi connectivity index (χ1v) is 41.5. The minimum absolute atomic E-state index is 0.0258. The zero-order chi connectivity index (χ0) is 102. The average Bonchev–Trinajstić information content (AvgIpc) is 0.807. The molecule has 3 aromatic rings. The van der Waals surface area contributed by atoms with Crippen LogP contribution in [0.1, 0.15) is 113 Å². The molecule has 0 saturated carbocycles. The quantitative estimate of drug-likeness (QED) is 0.0249. The molecule has 0 unspecified atom stereocenters. The van der Waals surface area contributed by atoms with E-state index in [1.165, 1.54) is 30.5 Å². The van der Waals surface area contributed by atoms with Crippen LogP contribution in [0, 0.1) is 0 Å².